The highest BCUT2D eigenvalue weighted by Gasteiger charge is 2.13. The number of aromatic nitrogens is 1. The molecule has 1 aliphatic heterocycles. The van der Waals surface area contributed by atoms with Crippen molar-refractivity contribution in [2.24, 2.45) is 5.92 Å². The number of pyridine rings is 1. The predicted octanol–water partition coefficient (Wildman–Crippen LogP) is 2.57. The molecule has 1 unspecified atom stereocenters. The Hall–Kier alpha value is -0.800. The third-order valence-corrected chi connectivity index (χ3v) is 2.78. The van der Waals surface area contributed by atoms with Crippen LogP contribution in [0.25, 0.3) is 0 Å². The van der Waals surface area contributed by atoms with Gasteiger partial charge in [0.05, 0.1) is 6.61 Å². The van der Waals surface area contributed by atoms with Gasteiger partial charge in [-0.2, -0.15) is 0 Å². The molecule has 2 rings (SSSR count). The Morgan fingerprint density at radius 2 is 2.53 bits per heavy atom. The summed E-state index contributed by atoms with van der Waals surface area (Å²) >= 11 is 5.79. The first-order valence-electron chi connectivity index (χ1n) is 5.28. The van der Waals surface area contributed by atoms with Crippen LogP contribution < -0.4 is 5.32 Å². The number of rotatable bonds is 3. The fraction of sp³-hybridized carbons (Fsp3) is 0.545. The van der Waals surface area contributed by atoms with E-state index >= 15 is 0 Å². The van der Waals surface area contributed by atoms with E-state index in [-0.39, 0.29) is 0 Å². The van der Waals surface area contributed by atoms with Crippen molar-refractivity contribution in [1.29, 1.82) is 0 Å². The highest BCUT2D eigenvalue weighted by atomic mass is 35.5. The second-order valence-corrected chi connectivity index (χ2v) is 4.22. The van der Waals surface area contributed by atoms with Crippen LogP contribution in [-0.2, 0) is 4.74 Å². The number of ether oxygens (including phenoxy) is 1. The highest BCUT2D eigenvalue weighted by Crippen LogP contribution is 2.16. The molecule has 0 aliphatic carbocycles. The normalized spacial score (nSPS) is 21.3. The molecule has 82 valence electrons. The van der Waals surface area contributed by atoms with Crippen LogP contribution in [0.5, 0.6) is 0 Å². The smallest absolute Gasteiger partial charge is 0.131 e. The van der Waals surface area contributed by atoms with Gasteiger partial charge >= 0.3 is 0 Å². The summed E-state index contributed by atoms with van der Waals surface area (Å²) in [4.78, 5) is 3.94. The molecule has 0 amide bonds. The number of nitrogens with zero attached hydrogens (tertiary/aromatic N) is 1. The molecule has 0 saturated carbocycles. The van der Waals surface area contributed by atoms with E-state index in [0.717, 1.165) is 25.4 Å². The summed E-state index contributed by atoms with van der Waals surface area (Å²) < 4.78 is 5.42. The molecule has 1 N–H and O–H groups in total. The van der Waals surface area contributed by atoms with Crippen molar-refractivity contribution in [3.05, 3.63) is 23.5 Å². The van der Waals surface area contributed by atoms with Crippen molar-refractivity contribution in [3.8, 4) is 0 Å². The van der Waals surface area contributed by atoms with Crippen molar-refractivity contribution < 1.29 is 4.74 Å². The maximum absolute atomic E-state index is 5.79. The SMILES string of the molecule is Clc1cc(NCC2CCCOC2)ccn1. The second kappa shape index (κ2) is 5.33. The van der Waals surface area contributed by atoms with Gasteiger partial charge < -0.3 is 10.1 Å². The van der Waals surface area contributed by atoms with Crippen LogP contribution in [0.2, 0.25) is 5.15 Å². The average molecular weight is 227 g/mol. The molecule has 1 saturated heterocycles. The quantitative estimate of drug-likeness (QED) is 0.805. The Labute approximate surface area is 94.8 Å². The number of hydrogen-bond donors (Lipinski definition) is 1. The van der Waals surface area contributed by atoms with E-state index in [4.69, 9.17) is 16.3 Å². The van der Waals surface area contributed by atoms with Crippen LogP contribution in [0.1, 0.15) is 12.8 Å². The van der Waals surface area contributed by atoms with E-state index in [1.165, 1.54) is 12.8 Å². The summed E-state index contributed by atoms with van der Waals surface area (Å²) in [6.07, 6.45) is 4.12. The first-order chi connectivity index (χ1) is 7.34. The Morgan fingerprint density at radius 3 is 3.27 bits per heavy atom. The topological polar surface area (TPSA) is 34.1 Å². The maximum Gasteiger partial charge on any atom is 0.131 e. The lowest BCUT2D eigenvalue weighted by molar-refractivity contribution is 0.0595. The molecule has 0 radical (unpaired) electrons. The Balaban J connectivity index is 1.81. The van der Waals surface area contributed by atoms with Crippen molar-refractivity contribution in [2.75, 3.05) is 25.1 Å². The Morgan fingerprint density at radius 1 is 1.60 bits per heavy atom. The molecule has 0 spiro atoms. The maximum atomic E-state index is 5.79. The molecule has 1 fully saturated rings. The first-order valence-corrected chi connectivity index (χ1v) is 5.65. The molecule has 1 aliphatic rings. The fourth-order valence-electron chi connectivity index (χ4n) is 1.74. The minimum absolute atomic E-state index is 0.528. The summed E-state index contributed by atoms with van der Waals surface area (Å²) in [5.41, 5.74) is 1.03. The predicted molar refractivity (Wildman–Crippen MR) is 61.3 cm³/mol. The molecule has 15 heavy (non-hydrogen) atoms. The lowest BCUT2D eigenvalue weighted by Gasteiger charge is -2.22. The van der Waals surface area contributed by atoms with Crippen molar-refractivity contribution in [3.63, 3.8) is 0 Å². The van der Waals surface area contributed by atoms with Crippen LogP contribution in [0.15, 0.2) is 18.3 Å². The van der Waals surface area contributed by atoms with Crippen LogP contribution in [0, 0.1) is 5.92 Å². The van der Waals surface area contributed by atoms with Gasteiger partial charge in [-0.3, -0.25) is 0 Å². The van der Waals surface area contributed by atoms with E-state index < -0.39 is 0 Å². The summed E-state index contributed by atoms with van der Waals surface area (Å²) in [5, 5.41) is 3.88. The minimum atomic E-state index is 0.528. The highest BCUT2D eigenvalue weighted by molar-refractivity contribution is 6.29. The molecule has 1 atom stereocenters. The zero-order valence-corrected chi connectivity index (χ0v) is 9.33. The molecule has 4 heteroatoms. The molecule has 0 bridgehead atoms. The zero-order chi connectivity index (χ0) is 10.5. The Kier molecular flexibility index (Phi) is 3.80. The van der Waals surface area contributed by atoms with Gasteiger partial charge in [-0.25, -0.2) is 4.98 Å². The third-order valence-electron chi connectivity index (χ3n) is 2.58. The standard InChI is InChI=1S/C11H15ClN2O/c12-11-6-10(3-4-13-11)14-7-9-2-1-5-15-8-9/h3-4,6,9H,1-2,5,7-8H2,(H,13,14). The number of nitrogens with one attached hydrogen (secondary N) is 1. The van der Waals surface area contributed by atoms with Gasteiger partial charge in [-0.05, 0) is 30.9 Å². The Bertz CT molecular complexity index is 313. The molecular formula is C11H15ClN2O. The van der Waals surface area contributed by atoms with Gasteiger partial charge in [0, 0.05) is 25.0 Å². The van der Waals surface area contributed by atoms with Gasteiger partial charge in [-0.15, -0.1) is 0 Å². The van der Waals surface area contributed by atoms with Gasteiger partial charge in [0.25, 0.3) is 0 Å². The van der Waals surface area contributed by atoms with Gasteiger partial charge in [0.15, 0.2) is 0 Å². The van der Waals surface area contributed by atoms with E-state index in [1.807, 2.05) is 12.1 Å². The van der Waals surface area contributed by atoms with Crippen LogP contribution in [-0.4, -0.2) is 24.7 Å². The largest absolute Gasteiger partial charge is 0.385 e. The second-order valence-electron chi connectivity index (χ2n) is 3.83. The number of halogens is 1. The van der Waals surface area contributed by atoms with Crippen molar-refractivity contribution >= 4 is 17.3 Å². The van der Waals surface area contributed by atoms with Crippen molar-refractivity contribution in [1.82, 2.24) is 4.98 Å². The molecule has 0 aromatic carbocycles. The lowest BCUT2D eigenvalue weighted by Crippen LogP contribution is -2.24. The van der Waals surface area contributed by atoms with Crippen LogP contribution >= 0.6 is 11.6 Å². The van der Waals surface area contributed by atoms with Gasteiger partial charge in [-0.1, -0.05) is 11.6 Å². The summed E-state index contributed by atoms with van der Waals surface area (Å²) in [6, 6.07) is 3.76. The molecule has 2 heterocycles. The van der Waals surface area contributed by atoms with Crippen LogP contribution in [0.4, 0.5) is 5.69 Å². The minimum Gasteiger partial charge on any atom is -0.385 e. The number of anilines is 1. The van der Waals surface area contributed by atoms with Gasteiger partial charge in [0.2, 0.25) is 0 Å². The van der Waals surface area contributed by atoms with Crippen LogP contribution in [0.3, 0.4) is 0 Å². The molecule has 1 aromatic rings. The zero-order valence-electron chi connectivity index (χ0n) is 8.58. The van der Waals surface area contributed by atoms with E-state index in [9.17, 15) is 0 Å². The van der Waals surface area contributed by atoms with E-state index in [0.29, 0.717) is 11.1 Å². The summed E-state index contributed by atoms with van der Waals surface area (Å²) in [5.74, 6) is 0.616. The number of hydrogen-bond acceptors (Lipinski definition) is 3. The van der Waals surface area contributed by atoms with Crippen molar-refractivity contribution in [2.45, 2.75) is 12.8 Å². The monoisotopic (exact) mass is 226 g/mol. The summed E-state index contributed by atoms with van der Waals surface area (Å²) in [6.45, 7) is 2.73. The third kappa shape index (κ3) is 3.36. The summed E-state index contributed by atoms with van der Waals surface area (Å²) in [7, 11) is 0. The molecular weight excluding hydrogens is 212 g/mol. The molecule has 1 aromatic heterocycles. The van der Waals surface area contributed by atoms with E-state index in [1.54, 1.807) is 6.20 Å². The van der Waals surface area contributed by atoms with Gasteiger partial charge in [0.1, 0.15) is 5.15 Å². The lowest BCUT2D eigenvalue weighted by atomic mass is 10.0. The first kappa shape index (κ1) is 10.7. The fourth-order valence-corrected chi connectivity index (χ4v) is 1.92. The van der Waals surface area contributed by atoms with E-state index in [2.05, 4.69) is 10.3 Å². The molecule has 3 nitrogen and oxygen atoms in total. The average Bonchev–Trinajstić information content (AvgIpc) is 2.28.